The van der Waals surface area contributed by atoms with E-state index in [9.17, 15) is 4.79 Å². The molecule has 0 aliphatic carbocycles. The molecule has 6 heteroatoms. The number of carbonyl (C=O) groups excluding carboxylic acids is 1. The average Bonchev–Trinajstić information content (AvgIpc) is 2.40. The number of carbonyl (C=O) groups is 1. The third kappa shape index (κ3) is 8.04. The number of benzene rings is 1. The Balaban J connectivity index is 2.52. The van der Waals surface area contributed by atoms with Crippen LogP contribution in [0.5, 0.6) is 0 Å². The van der Waals surface area contributed by atoms with E-state index >= 15 is 0 Å². The van der Waals surface area contributed by atoms with Gasteiger partial charge in [0.2, 0.25) is 0 Å². The molecule has 0 aliphatic heterocycles. The summed E-state index contributed by atoms with van der Waals surface area (Å²) in [6.07, 6.45) is -0.390. The summed E-state index contributed by atoms with van der Waals surface area (Å²) in [6, 6.07) is 6.00. The van der Waals surface area contributed by atoms with Gasteiger partial charge in [-0.3, -0.25) is 0 Å². The molecule has 0 aromatic heterocycles. The van der Waals surface area contributed by atoms with Gasteiger partial charge in [0.05, 0.1) is 5.02 Å². The van der Waals surface area contributed by atoms with Gasteiger partial charge in [-0.1, -0.05) is 31.5 Å². The first-order chi connectivity index (χ1) is 10.6. The Morgan fingerprint density at radius 2 is 2.00 bits per heavy atom. The second-order valence-corrected chi connectivity index (χ2v) is 8.12. The fraction of sp³-hybridized carbons (Fsp3) is 0.588. The molecular weight excluding hydrogens is 380 g/mol. The van der Waals surface area contributed by atoms with E-state index in [2.05, 4.69) is 40.4 Å². The number of hydrogen-bond acceptors (Lipinski definition) is 3. The fourth-order valence-electron chi connectivity index (χ4n) is 1.95. The summed E-state index contributed by atoms with van der Waals surface area (Å²) in [5.41, 5.74) is 0.643. The van der Waals surface area contributed by atoms with E-state index in [0.29, 0.717) is 24.0 Å². The lowest BCUT2D eigenvalue weighted by Crippen LogP contribution is -2.45. The van der Waals surface area contributed by atoms with Crippen molar-refractivity contribution >= 4 is 33.6 Å². The summed E-state index contributed by atoms with van der Waals surface area (Å²) in [5.74, 6) is 0.376. The lowest BCUT2D eigenvalue weighted by Gasteiger charge is -2.25. The van der Waals surface area contributed by atoms with E-state index in [-0.39, 0.29) is 12.1 Å². The Bertz CT molecular complexity index is 530. The van der Waals surface area contributed by atoms with Gasteiger partial charge < -0.3 is 15.4 Å². The van der Waals surface area contributed by atoms with Gasteiger partial charge in [-0.25, -0.2) is 4.79 Å². The molecule has 2 N–H and O–H groups in total. The number of alkyl carbamates (subject to hydrolysis) is 1. The van der Waals surface area contributed by atoms with E-state index in [0.717, 1.165) is 10.0 Å². The van der Waals surface area contributed by atoms with Crippen molar-refractivity contribution in [2.75, 3.05) is 6.54 Å². The molecule has 1 unspecified atom stereocenters. The van der Waals surface area contributed by atoms with Crippen LogP contribution in [-0.2, 0) is 11.3 Å². The molecule has 0 bridgehead atoms. The largest absolute Gasteiger partial charge is 0.444 e. The zero-order valence-electron chi connectivity index (χ0n) is 14.4. The second kappa shape index (κ2) is 8.90. The lowest BCUT2D eigenvalue weighted by atomic mass is 10.0. The van der Waals surface area contributed by atoms with E-state index in [1.165, 1.54) is 0 Å². The number of amides is 1. The highest BCUT2D eigenvalue weighted by Crippen LogP contribution is 2.23. The highest BCUT2D eigenvalue weighted by molar-refractivity contribution is 9.10. The molecule has 0 radical (unpaired) electrons. The van der Waals surface area contributed by atoms with Crippen LogP contribution in [0.25, 0.3) is 0 Å². The number of hydrogen-bond donors (Lipinski definition) is 2. The van der Waals surface area contributed by atoms with Crippen LogP contribution in [0.15, 0.2) is 22.7 Å². The summed E-state index contributed by atoms with van der Waals surface area (Å²) in [5, 5.41) is 6.98. The van der Waals surface area contributed by atoms with Gasteiger partial charge in [-0.15, -0.1) is 0 Å². The van der Waals surface area contributed by atoms with Crippen LogP contribution >= 0.6 is 27.5 Å². The summed E-state index contributed by atoms with van der Waals surface area (Å²) in [7, 11) is 0. The topological polar surface area (TPSA) is 50.4 Å². The first kappa shape index (κ1) is 20.3. The fourth-order valence-corrected chi connectivity index (χ4v) is 2.49. The maximum absolute atomic E-state index is 11.8. The second-order valence-electron chi connectivity index (χ2n) is 6.86. The third-order valence-corrected chi connectivity index (χ3v) is 4.44. The van der Waals surface area contributed by atoms with Crippen LogP contribution in [0, 0.1) is 5.92 Å². The van der Waals surface area contributed by atoms with Gasteiger partial charge in [0.25, 0.3) is 0 Å². The van der Waals surface area contributed by atoms with Crippen molar-refractivity contribution in [3.8, 4) is 0 Å². The van der Waals surface area contributed by atoms with Crippen LogP contribution in [0.2, 0.25) is 5.02 Å². The molecule has 130 valence electrons. The van der Waals surface area contributed by atoms with Gasteiger partial charge in [-0.05, 0) is 60.3 Å². The Morgan fingerprint density at radius 3 is 2.52 bits per heavy atom. The molecule has 4 nitrogen and oxygen atoms in total. The molecule has 0 heterocycles. The van der Waals surface area contributed by atoms with Crippen LogP contribution in [0.3, 0.4) is 0 Å². The summed E-state index contributed by atoms with van der Waals surface area (Å²) >= 11 is 9.43. The molecule has 0 saturated carbocycles. The highest BCUT2D eigenvalue weighted by Gasteiger charge is 2.18. The first-order valence-electron chi connectivity index (χ1n) is 7.72. The Hall–Kier alpha value is -0.780. The minimum atomic E-state index is -0.486. The monoisotopic (exact) mass is 404 g/mol. The quantitative estimate of drug-likeness (QED) is 0.718. The summed E-state index contributed by atoms with van der Waals surface area (Å²) in [6.45, 7) is 11.0. The molecule has 0 spiro atoms. The minimum Gasteiger partial charge on any atom is -0.444 e. The molecular formula is C17H26BrClN2O2. The Kier molecular flexibility index (Phi) is 7.84. The maximum Gasteiger partial charge on any atom is 0.407 e. The maximum atomic E-state index is 11.8. The molecule has 1 atom stereocenters. The van der Waals surface area contributed by atoms with E-state index < -0.39 is 5.60 Å². The van der Waals surface area contributed by atoms with Crippen LogP contribution in [0.4, 0.5) is 4.79 Å². The number of halogens is 2. The Labute approximate surface area is 152 Å². The van der Waals surface area contributed by atoms with Crippen molar-refractivity contribution in [1.82, 2.24) is 10.6 Å². The molecule has 1 amide bonds. The first-order valence-corrected chi connectivity index (χ1v) is 8.89. The summed E-state index contributed by atoms with van der Waals surface area (Å²) in [4.78, 5) is 11.8. The predicted octanol–water partition coefficient (Wildman–Crippen LogP) is 4.74. The van der Waals surface area contributed by atoms with Gasteiger partial charge in [0.1, 0.15) is 5.60 Å². The number of ether oxygens (including phenoxy) is 1. The van der Waals surface area contributed by atoms with Crippen LogP contribution < -0.4 is 10.6 Å². The van der Waals surface area contributed by atoms with Crippen molar-refractivity contribution < 1.29 is 9.53 Å². The van der Waals surface area contributed by atoms with E-state index in [1.54, 1.807) is 0 Å². The average molecular weight is 406 g/mol. The van der Waals surface area contributed by atoms with E-state index in [4.69, 9.17) is 16.3 Å². The number of nitrogens with one attached hydrogen (secondary N) is 2. The predicted molar refractivity (Wildman–Crippen MR) is 98.9 cm³/mol. The van der Waals surface area contributed by atoms with Crippen LogP contribution in [0.1, 0.15) is 40.2 Å². The molecule has 1 aromatic rings. The van der Waals surface area contributed by atoms with Gasteiger partial charge in [0.15, 0.2) is 0 Å². The normalized spacial score (nSPS) is 13.0. The zero-order chi connectivity index (χ0) is 17.6. The van der Waals surface area contributed by atoms with Gasteiger partial charge in [-0.2, -0.15) is 0 Å². The van der Waals surface area contributed by atoms with Crippen molar-refractivity contribution in [3.05, 3.63) is 33.3 Å². The number of rotatable bonds is 6. The zero-order valence-corrected chi connectivity index (χ0v) is 16.7. The van der Waals surface area contributed by atoms with Crippen molar-refractivity contribution in [1.29, 1.82) is 0 Å². The molecule has 0 saturated heterocycles. The Morgan fingerprint density at radius 1 is 1.35 bits per heavy atom. The molecule has 0 aliphatic rings. The minimum absolute atomic E-state index is 0.150. The van der Waals surface area contributed by atoms with Gasteiger partial charge >= 0.3 is 6.09 Å². The summed E-state index contributed by atoms with van der Waals surface area (Å²) < 4.78 is 6.14. The van der Waals surface area contributed by atoms with Crippen LogP contribution in [-0.4, -0.2) is 24.3 Å². The van der Waals surface area contributed by atoms with Crippen molar-refractivity contribution in [3.63, 3.8) is 0 Å². The van der Waals surface area contributed by atoms with Crippen molar-refractivity contribution in [2.24, 2.45) is 5.92 Å². The molecule has 0 fully saturated rings. The SMILES string of the molecule is CC(C)C(CNC(=O)OC(C)(C)C)NCc1ccc(Cl)c(Br)c1. The van der Waals surface area contributed by atoms with Crippen molar-refractivity contribution in [2.45, 2.75) is 52.8 Å². The highest BCUT2D eigenvalue weighted by atomic mass is 79.9. The van der Waals surface area contributed by atoms with Gasteiger partial charge in [0, 0.05) is 23.6 Å². The van der Waals surface area contributed by atoms with E-state index in [1.807, 2.05) is 39.0 Å². The standard InChI is InChI=1S/C17H26BrClN2O2/c1-11(2)15(10-21-16(22)23-17(3,4)5)20-9-12-6-7-14(19)13(18)8-12/h6-8,11,15,20H,9-10H2,1-5H3,(H,21,22). The molecule has 23 heavy (non-hydrogen) atoms. The third-order valence-electron chi connectivity index (χ3n) is 3.22. The molecule has 1 rings (SSSR count). The lowest BCUT2D eigenvalue weighted by molar-refractivity contribution is 0.0519. The molecule has 1 aromatic carbocycles. The smallest absolute Gasteiger partial charge is 0.407 e.